The highest BCUT2D eigenvalue weighted by Gasteiger charge is 2.15. The molecule has 20 heavy (non-hydrogen) atoms. The van der Waals surface area contributed by atoms with Gasteiger partial charge in [0.1, 0.15) is 23.0 Å². The lowest BCUT2D eigenvalue weighted by Gasteiger charge is -2.14. The molecule has 1 N–H and O–H groups in total. The third-order valence-electron chi connectivity index (χ3n) is 2.84. The van der Waals surface area contributed by atoms with E-state index >= 15 is 0 Å². The first-order valence-corrected chi connectivity index (χ1v) is 7.48. The molecule has 2 heterocycles. The Balaban J connectivity index is 2.42. The molecule has 0 amide bonds. The molecule has 2 rings (SSSR count). The van der Waals surface area contributed by atoms with Crippen LogP contribution in [0.4, 0.5) is 5.82 Å². The van der Waals surface area contributed by atoms with Crippen molar-refractivity contribution in [1.82, 2.24) is 24.7 Å². The summed E-state index contributed by atoms with van der Waals surface area (Å²) in [6, 6.07) is 0. The van der Waals surface area contributed by atoms with Crippen LogP contribution in [0.5, 0.6) is 0 Å². The number of hydrogen-bond acceptors (Lipinski definition) is 6. The molecular formula is C13H20N6S. The fourth-order valence-corrected chi connectivity index (χ4v) is 2.52. The van der Waals surface area contributed by atoms with Gasteiger partial charge < -0.3 is 5.32 Å². The van der Waals surface area contributed by atoms with Crippen LogP contribution < -0.4 is 5.32 Å². The molecule has 0 bridgehead atoms. The van der Waals surface area contributed by atoms with E-state index in [1.54, 1.807) is 11.0 Å². The first-order chi connectivity index (χ1) is 9.52. The minimum absolute atomic E-state index is 0.284. The van der Waals surface area contributed by atoms with Crippen molar-refractivity contribution in [3.8, 4) is 0 Å². The van der Waals surface area contributed by atoms with Crippen molar-refractivity contribution < 1.29 is 0 Å². The lowest BCUT2D eigenvalue weighted by atomic mass is 10.2. The summed E-state index contributed by atoms with van der Waals surface area (Å²) < 4.78 is 1.74. The van der Waals surface area contributed by atoms with Crippen LogP contribution in [0.1, 0.15) is 38.1 Å². The van der Waals surface area contributed by atoms with Gasteiger partial charge in [-0.1, -0.05) is 13.8 Å². The third kappa shape index (κ3) is 3.09. The van der Waals surface area contributed by atoms with Crippen LogP contribution in [0.25, 0.3) is 0 Å². The zero-order chi connectivity index (χ0) is 14.7. The van der Waals surface area contributed by atoms with Crippen molar-refractivity contribution in [3.05, 3.63) is 17.7 Å². The zero-order valence-electron chi connectivity index (χ0n) is 12.5. The van der Waals surface area contributed by atoms with Gasteiger partial charge in [-0.05, 0) is 25.6 Å². The van der Waals surface area contributed by atoms with Gasteiger partial charge in [-0.15, -0.1) is 0 Å². The molecule has 2 aromatic rings. The molecule has 0 unspecified atom stereocenters. The quantitative estimate of drug-likeness (QED) is 0.854. The van der Waals surface area contributed by atoms with Crippen LogP contribution in [-0.2, 0) is 7.05 Å². The number of aryl methyl sites for hydroxylation is 1. The van der Waals surface area contributed by atoms with Gasteiger partial charge in [-0.2, -0.15) is 5.10 Å². The molecule has 0 fully saturated rings. The van der Waals surface area contributed by atoms with E-state index in [-0.39, 0.29) is 5.92 Å². The summed E-state index contributed by atoms with van der Waals surface area (Å²) in [5.74, 6) is 2.03. The molecule has 0 atom stereocenters. The zero-order valence-corrected chi connectivity index (χ0v) is 13.3. The Morgan fingerprint density at radius 3 is 2.65 bits per heavy atom. The van der Waals surface area contributed by atoms with Crippen LogP contribution in [0.3, 0.4) is 0 Å². The van der Waals surface area contributed by atoms with E-state index in [2.05, 4.69) is 46.1 Å². The Morgan fingerprint density at radius 2 is 2.10 bits per heavy atom. The minimum atomic E-state index is 0.284. The van der Waals surface area contributed by atoms with Crippen molar-refractivity contribution in [2.24, 2.45) is 7.05 Å². The van der Waals surface area contributed by atoms with E-state index in [1.165, 1.54) is 11.8 Å². The lowest BCUT2D eigenvalue weighted by molar-refractivity contribution is 0.683. The van der Waals surface area contributed by atoms with Crippen molar-refractivity contribution in [3.63, 3.8) is 0 Å². The lowest BCUT2D eigenvalue weighted by Crippen LogP contribution is -2.08. The van der Waals surface area contributed by atoms with Gasteiger partial charge in [0.25, 0.3) is 0 Å². The van der Waals surface area contributed by atoms with Gasteiger partial charge in [-0.3, -0.25) is 0 Å². The Kier molecular flexibility index (Phi) is 4.59. The molecule has 0 aliphatic rings. The van der Waals surface area contributed by atoms with Gasteiger partial charge in [0.15, 0.2) is 5.16 Å². The van der Waals surface area contributed by atoms with E-state index in [0.29, 0.717) is 0 Å². The molecule has 0 aromatic carbocycles. The molecule has 6 nitrogen and oxygen atoms in total. The second-order valence-electron chi connectivity index (χ2n) is 4.81. The average molecular weight is 292 g/mol. The monoisotopic (exact) mass is 292 g/mol. The Hall–Kier alpha value is -1.63. The largest absolute Gasteiger partial charge is 0.370 e. The summed E-state index contributed by atoms with van der Waals surface area (Å²) in [7, 11) is 1.88. The number of nitrogens with one attached hydrogen (secondary N) is 1. The van der Waals surface area contributed by atoms with Crippen molar-refractivity contribution in [2.75, 3.05) is 11.9 Å². The Labute approximate surface area is 123 Å². The first kappa shape index (κ1) is 14.8. The second-order valence-corrected chi connectivity index (χ2v) is 5.77. The molecule has 0 saturated heterocycles. The predicted molar refractivity (Wildman–Crippen MR) is 80.1 cm³/mol. The second kappa shape index (κ2) is 6.21. The summed E-state index contributed by atoms with van der Waals surface area (Å²) in [5.41, 5.74) is 1.05. The molecule has 0 radical (unpaired) electrons. The van der Waals surface area contributed by atoms with Crippen molar-refractivity contribution in [2.45, 2.75) is 43.8 Å². The third-order valence-corrected chi connectivity index (χ3v) is 3.98. The predicted octanol–water partition coefficient (Wildman–Crippen LogP) is 2.62. The summed E-state index contributed by atoms with van der Waals surface area (Å²) in [4.78, 5) is 13.5. The molecule has 0 aliphatic carbocycles. The van der Waals surface area contributed by atoms with Crippen LogP contribution >= 0.6 is 11.8 Å². The molecule has 2 aromatic heterocycles. The van der Waals surface area contributed by atoms with Crippen LogP contribution in [0.2, 0.25) is 0 Å². The maximum Gasteiger partial charge on any atom is 0.192 e. The highest BCUT2D eigenvalue weighted by Crippen LogP contribution is 2.30. The fourth-order valence-electron chi connectivity index (χ4n) is 1.67. The summed E-state index contributed by atoms with van der Waals surface area (Å²) in [5, 5.41) is 9.13. The standard InChI is InChI=1S/C13H20N6S/c1-6-14-11-9(4)12(18-10(17-11)8(2)3)20-13-15-7-16-19(13)5/h7-8H,6H2,1-5H3,(H,14,17,18). The van der Waals surface area contributed by atoms with Crippen LogP contribution in [-0.4, -0.2) is 31.3 Å². The van der Waals surface area contributed by atoms with Gasteiger partial charge in [-0.25, -0.2) is 19.6 Å². The van der Waals surface area contributed by atoms with Gasteiger partial charge in [0.2, 0.25) is 0 Å². The van der Waals surface area contributed by atoms with E-state index in [9.17, 15) is 0 Å². The maximum absolute atomic E-state index is 4.66. The van der Waals surface area contributed by atoms with Crippen LogP contribution in [0, 0.1) is 6.92 Å². The van der Waals surface area contributed by atoms with E-state index in [0.717, 1.165) is 33.9 Å². The smallest absolute Gasteiger partial charge is 0.192 e. The first-order valence-electron chi connectivity index (χ1n) is 6.67. The topological polar surface area (TPSA) is 68.5 Å². The van der Waals surface area contributed by atoms with Crippen molar-refractivity contribution >= 4 is 17.6 Å². The normalized spacial score (nSPS) is 11.1. The Morgan fingerprint density at radius 1 is 1.35 bits per heavy atom. The molecular weight excluding hydrogens is 272 g/mol. The van der Waals surface area contributed by atoms with E-state index in [1.807, 2.05) is 14.0 Å². The molecule has 0 spiro atoms. The number of nitrogens with zero attached hydrogens (tertiary/aromatic N) is 5. The highest BCUT2D eigenvalue weighted by molar-refractivity contribution is 7.99. The molecule has 0 saturated carbocycles. The number of aromatic nitrogens is 5. The number of hydrogen-bond donors (Lipinski definition) is 1. The van der Waals surface area contributed by atoms with Crippen LogP contribution in [0.15, 0.2) is 16.5 Å². The van der Waals surface area contributed by atoms with Gasteiger partial charge in [0.05, 0.1) is 0 Å². The maximum atomic E-state index is 4.66. The van der Waals surface area contributed by atoms with Crippen molar-refractivity contribution in [1.29, 1.82) is 0 Å². The van der Waals surface area contributed by atoms with E-state index < -0.39 is 0 Å². The molecule has 7 heteroatoms. The average Bonchev–Trinajstić information content (AvgIpc) is 2.79. The SMILES string of the molecule is CCNc1nc(C(C)C)nc(Sc2ncnn2C)c1C. The molecule has 108 valence electrons. The minimum Gasteiger partial charge on any atom is -0.370 e. The summed E-state index contributed by atoms with van der Waals surface area (Å²) in [6.45, 7) is 9.12. The summed E-state index contributed by atoms with van der Waals surface area (Å²) in [6.07, 6.45) is 1.55. The molecule has 0 aliphatic heterocycles. The summed E-state index contributed by atoms with van der Waals surface area (Å²) >= 11 is 1.52. The van der Waals surface area contributed by atoms with E-state index in [4.69, 9.17) is 0 Å². The Bertz CT molecular complexity index is 593. The van der Waals surface area contributed by atoms with Gasteiger partial charge >= 0.3 is 0 Å². The number of anilines is 1. The fraction of sp³-hybridized carbons (Fsp3) is 0.538. The number of rotatable bonds is 5. The highest BCUT2D eigenvalue weighted by atomic mass is 32.2. The van der Waals surface area contributed by atoms with Gasteiger partial charge in [0, 0.05) is 25.1 Å².